The van der Waals surface area contributed by atoms with Crippen LogP contribution in [0.15, 0.2) is 48.5 Å². The standard InChI is InChI=1S/C21H26.2C3H8/c1-3-5-15-21(16-6-4-2)19-13-9-7-11-17(19)18-12-8-10-14-20(18)21;2*1-3-2/h7-14H,3-6,15-16H2,1-2H3;2*3H2,1-2H3. The molecule has 0 heterocycles. The fraction of sp³-hybridized carbons (Fsp3) is 0.556. The van der Waals surface area contributed by atoms with Crippen molar-refractivity contribution >= 4 is 0 Å². The van der Waals surface area contributed by atoms with E-state index >= 15 is 0 Å². The van der Waals surface area contributed by atoms with Gasteiger partial charge in [-0.25, -0.2) is 0 Å². The van der Waals surface area contributed by atoms with Gasteiger partial charge in [-0.3, -0.25) is 0 Å². The van der Waals surface area contributed by atoms with Gasteiger partial charge in [0.2, 0.25) is 0 Å². The molecule has 0 heteroatoms. The lowest BCUT2D eigenvalue weighted by Gasteiger charge is -2.32. The van der Waals surface area contributed by atoms with Gasteiger partial charge in [-0.1, -0.05) is 129 Å². The maximum absolute atomic E-state index is 2.38. The van der Waals surface area contributed by atoms with Gasteiger partial charge >= 0.3 is 0 Å². The molecule has 27 heavy (non-hydrogen) atoms. The summed E-state index contributed by atoms with van der Waals surface area (Å²) in [4.78, 5) is 0. The molecule has 0 nitrogen and oxygen atoms in total. The number of hydrogen-bond donors (Lipinski definition) is 0. The maximum Gasteiger partial charge on any atom is 0.0215 e. The van der Waals surface area contributed by atoms with Crippen LogP contribution < -0.4 is 0 Å². The first-order valence-electron chi connectivity index (χ1n) is 11.4. The molecule has 0 atom stereocenters. The third-order valence-electron chi connectivity index (χ3n) is 5.09. The first kappa shape index (κ1) is 23.5. The molecule has 0 saturated heterocycles. The van der Waals surface area contributed by atoms with Gasteiger partial charge in [0.15, 0.2) is 0 Å². The van der Waals surface area contributed by atoms with Crippen molar-refractivity contribution in [2.45, 2.75) is 98.3 Å². The normalized spacial score (nSPS) is 12.8. The highest BCUT2D eigenvalue weighted by Crippen LogP contribution is 2.53. The Labute approximate surface area is 169 Å². The Morgan fingerprint density at radius 2 is 0.889 bits per heavy atom. The highest BCUT2D eigenvalue weighted by molar-refractivity contribution is 5.80. The number of hydrogen-bond acceptors (Lipinski definition) is 0. The summed E-state index contributed by atoms with van der Waals surface area (Å²) in [6.07, 6.45) is 10.3. The van der Waals surface area contributed by atoms with Gasteiger partial charge in [-0.05, 0) is 35.1 Å². The summed E-state index contributed by atoms with van der Waals surface area (Å²) in [5.74, 6) is 0. The Balaban J connectivity index is 0.000000540. The zero-order valence-corrected chi connectivity index (χ0v) is 18.8. The first-order valence-corrected chi connectivity index (χ1v) is 11.4. The number of rotatable bonds is 6. The number of fused-ring (bicyclic) bond motifs is 3. The van der Waals surface area contributed by atoms with E-state index in [0.717, 1.165) is 0 Å². The summed E-state index contributed by atoms with van der Waals surface area (Å²) >= 11 is 0. The van der Waals surface area contributed by atoms with Crippen molar-refractivity contribution in [1.29, 1.82) is 0 Å². The van der Waals surface area contributed by atoms with Gasteiger partial charge in [0.25, 0.3) is 0 Å². The molecule has 0 aromatic heterocycles. The monoisotopic (exact) mass is 366 g/mol. The lowest BCUT2D eigenvalue weighted by molar-refractivity contribution is 0.414. The molecule has 3 rings (SSSR count). The minimum atomic E-state index is 0.263. The molecule has 0 N–H and O–H groups in total. The van der Waals surface area contributed by atoms with E-state index in [1.165, 1.54) is 62.5 Å². The van der Waals surface area contributed by atoms with E-state index in [2.05, 4.69) is 90.1 Å². The van der Waals surface area contributed by atoms with Crippen LogP contribution in [0.4, 0.5) is 0 Å². The Morgan fingerprint density at radius 3 is 1.22 bits per heavy atom. The largest absolute Gasteiger partial charge is 0.0656 e. The topological polar surface area (TPSA) is 0 Å². The smallest absolute Gasteiger partial charge is 0.0215 e. The summed E-state index contributed by atoms with van der Waals surface area (Å²) in [6.45, 7) is 13.1. The SMILES string of the molecule is CCC.CCC.CCCCC1(CCCC)c2ccccc2-c2ccccc21. The average Bonchev–Trinajstić information content (AvgIpc) is 2.97. The highest BCUT2D eigenvalue weighted by Gasteiger charge is 2.41. The van der Waals surface area contributed by atoms with Crippen LogP contribution in [0.1, 0.15) is 104 Å². The molecular formula is C27H42. The van der Waals surface area contributed by atoms with Crippen LogP contribution in [-0.4, -0.2) is 0 Å². The minimum Gasteiger partial charge on any atom is -0.0656 e. The van der Waals surface area contributed by atoms with E-state index in [4.69, 9.17) is 0 Å². The predicted molar refractivity (Wildman–Crippen MR) is 124 cm³/mol. The summed E-state index contributed by atoms with van der Waals surface area (Å²) in [6, 6.07) is 18.2. The third-order valence-corrected chi connectivity index (χ3v) is 5.09. The molecule has 2 aromatic rings. The van der Waals surface area contributed by atoms with Crippen molar-refractivity contribution in [3.05, 3.63) is 59.7 Å². The molecule has 0 bridgehead atoms. The van der Waals surface area contributed by atoms with Crippen LogP contribution in [0, 0.1) is 0 Å². The average molecular weight is 367 g/mol. The minimum absolute atomic E-state index is 0.263. The zero-order valence-electron chi connectivity index (χ0n) is 18.8. The molecule has 0 amide bonds. The van der Waals surface area contributed by atoms with Crippen LogP contribution in [0.2, 0.25) is 0 Å². The van der Waals surface area contributed by atoms with Crippen molar-refractivity contribution in [1.82, 2.24) is 0 Å². The van der Waals surface area contributed by atoms with Gasteiger partial charge in [-0.15, -0.1) is 0 Å². The summed E-state index contributed by atoms with van der Waals surface area (Å²) in [5, 5.41) is 0. The highest BCUT2D eigenvalue weighted by atomic mass is 14.4. The second-order valence-electron chi connectivity index (χ2n) is 7.79. The van der Waals surface area contributed by atoms with Gasteiger partial charge < -0.3 is 0 Å². The van der Waals surface area contributed by atoms with Crippen molar-refractivity contribution in [2.24, 2.45) is 0 Å². The van der Waals surface area contributed by atoms with E-state index < -0.39 is 0 Å². The van der Waals surface area contributed by atoms with Crippen LogP contribution in [-0.2, 0) is 5.41 Å². The Morgan fingerprint density at radius 1 is 0.556 bits per heavy atom. The fourth-order valence-electron chi connectivity index (χ4n) is 4.04. The Bertz CT molecular complexity index is 580. The Hall–Kier alpha value is -1.56. The van der Waals surface area contributed by atoms with Crippen LogP contribution >= 0.6 is 0 Å². The molecule has 0 fully saturated rings. The van der Waals surface area contributed by atoms with Crippen molar-refractivity contribution in [3.63, 3.8) is 0 Å². The molecule has 0 spiro atoms. The van der Waals surface area contributed by atoms with Crippen molar-refractivity contribution in [3.8, 4) is 11.1 Å². The van der Waals surface area contributed by atoms with Crippen LogP contribution in [0.25, 0.3) is 11.1 Å². The Kier molecular flexibility index (Phi) is 11.1. The van der Waals surface area contributed by atoms with E-state index in [-0.39, 0.29) is 5.41 Å². The molecule has 2 aromatic carbocycles. The van der Waals surface area contributed by atoms with E-state index in [1.54, 1.807) is 11.1 Å². The summed E-state index contributed by atoms with van der Waals surface area (Å²) < 4.78 is 0. The fourth-order valence-corrected chi connectivity index (χ4v) is 4.04. The zero-order chi connectivity index (χ0) is 20.1. The quantitative estimate of drug-likeness (QED) is 0.478. The lowest BCUT2D eigenvalue weighted by Crippen LogP contribution is -2.25. The van der Waals surface area contributed by atoms with Gasteiger partial charge in [0.1, 0.15) is 0 Å². The van der Waals surface area contributed by atoms with E-state index in [1.807, 2.05) is 0 Å². The number of benzene rings is 2. The van der Waals surface area contributed by atoms with Gasteiger partial charge in [-0.2, -0.15) is 0 Å². The van der Waals surface area contributed by atoms with E-state index in [9.17, 15) is 0 Å². The summed E-state index contributed by atoms with van der Waals surface area (Å²) in [5.41, 5.74) is 6.36. The number of unbranched alkanes of at least 4 members (excludes halogenated alkanes) is 2. The first-order chi connectivity index (χ1) is 13.2. The lowest BCUT2D eigenvalue weighted by atomic mass is 9.71. The van der Waals surface area contributed by atoms with Crippen LogP contribution in [0.5, 0.6) is 0 Å². The molecule has 1 aliphatic rings. The molecular weight excluding hydrogens is 324 g/mol. The predicted octanol–water partition coefficient (Wildman–Crippen LogP) is 9.17. The molecule has 0 unspecified atom stereocenters. The van der Waals surface area contributed by atoms with E-state index in [0.29, 0.717) is 0 Å². The maximum atomic E-state index is 2.38. The van der Waals surface area contributed by atoms with Gasteiger partial charge in [0, 0.05) is 5.41 Å². The second-order valence-corrected chi connectivity index (χ2v) is 7.79. The van der Waals surface area contributed by atoms with Gasteiger partial charge in [0.05, 0.1) is 0 Å². The third kappa shape index (κ3) is 5.71. The van der Waals surface area contributed by atoms with Crippen molar-refractivity contribution < 1.29 is 0 Å². The van der Waals surface area contributed by atoms with Crippen LogP contribution in [0.3, 0.4) is 0 Å². The second kappa shape index (κ2) is 12.8. The molecule has 1 aliphatic carbocycles. The molecule has 0 saturated carbocycles. The molecule has 0 radical (unpaired) electrons. The molecule has 0 aliphatic heterocycles. The van der Waals surface area contributed by atoms with Crippen molar-refractivity contribution in [2.75, 3.05) is 0 Å². The summed E-state index contributed by atoms with van der Waals surface area (Å²) in [7, 11) is 0. The molecule has 150 valence electrons.